The summed E-state index contributed by atoms with van der Waals surface area (Å²) in [4.78, 5) is 4.47. The second-order valence-electron chi connectivity index (χ2n) is 4.56. The molecule has 0 radical (unpaired) electrons. The van der Waals surface area contributed by atoms with Crippen molar-refractivity contribution in [2.75, 3.05) is 6.54 Å². The van der Waals surface area contributed by atoms with Gasteiger partial charge in [-0.3, -0.25) is 4.98 Å². The van der Waals surface area contributed by atoms with Gasteiger partial charge in [-0.2, -0.15) is 0 Å². The summed E-state index contributed by atoms with van der Waals surface area (Å²) < 4.78 is 0. The van der Waals surface area contributed by atoms with Gasteiger partial charge in [-0.15, -0.1) is 10.2 Å². The number of nitrogens with one attached hydrogen (secondary N) is 1. The lowest BCUT2D eigenvalue weighted by atomic mass is 10.1. The maximum atomic E-state index is 4.47. The third-order valence-electron chi connectivity index (χ3n) is 3.05. The van der Waals surface area contributed by atoms with E-state index < -0.39 is 0 Å². The summed E-state index contributed by atoms with van der Waals surface area (Å²) in [7, 11) is 0. The lowest BCUT2D eigenvalue weighted by Gasteiger charge is -2.01. The highest BCUT2D eigenvalue weighted by Crippen LogP contribution is 2.28. The van der Waals surface area contributed by atoms with E-state index in [0.29, 0.717) is 0 Å². The van der Waals surface area contributed by atoms with Gasteiger partial charge in [-0.1, -0.05) is 42.5 Å². The fourth-order valence-corrected chi connectivity index (χ4v) is 2.90. The highest BCUT2D eigenvalue weighted by molar-refractivity contribution is 7.14. The molecular formula is C15H16N4S. The molecule has 0 saturated heterocycles. The van der Waals surface area contributed by atoms with Gasteiger partial charge in [0.15, 0.2) is 5.01 Å². The van der Waals surface area contributed by atoms with Crippen LogP contribution in [0.25, 0.3) is 21.5 Å². The Bertz CT molecular complexity index is 702. The number of hydrogen-bond donors (Lipinski definition) is 1. The third kappa shape index (κ3) is 2.69. The highest BCUT2D eigenvalue weighted by atomic mass is 32.1. The first-order valence-electron chi connectivity index (χ1n) is 6.75. The quantitative estimate of drug-likeness (QED) is 0.731. The van der Waals surface area contributed by atoms with Crippen molar-refractivity contribution in [2.45, 2.75) is 19.9 Å². The molecule has 0 fully saturated rings. The molecule has 0 amide bonds. The molecule has 3 aromatic rings. The van der Waals surface area contributed by atoms with Crippen LogP contribution in [-0.2, 0) is 6.54 Å². The Kier molecular flexibility index (Phi) is 3.99. The standard InChI is InChI=1S/C15H16N4S/c1-2-8-16-10-13-18-19-15(20-13)14-12-6-4-3-5-11(12)7-9-17-14/h3-7,9,16H,2,8,10H2,1H3. The topological polar surface area (TPSA) is 50.7 Å². The van der Waals surface area contributed by atoms with Crippen LogP contribution in [0.1, 0.15) is 18.4 Å². The molecule has 0 aliphatic heterocycles. The Morgan fingerprint density at radius 1 is 1.15 bits per heavy atom. The summed E-state index contributed by atoms with van der Waals surface area (Å²) in [5, 5.41) is 16.0. The van der Waals surface area contributed by atoms with E-state index in [-0.39, 0.29) is 0 Å². The summed E-state index contributed by atoms with van der Waals surface area (Å²) >= 11 is 1.60. The first-order valence-corrected chi connectivity index (χ1v) is 7.57. The van der Waals surface area contributed by atoms with Gasteiger partial charge in [0, 0.05) is 18.1 Å². The minimum absolute atomic E-state index is 0.774. The zero-order valence-electron chi connectivity index (χ0n) is 11.3. The number of fused-ring (bicyclic) bond motifs is 1. The van der Waals surface area contributed by atoms with Gasteiger partial charge >= 0.3 is 0 Å². The molecule has 1 N–H and O–H groups in total. The number of rotatable bonds is 5. The van der Waals surface area contributed by atoms with Gasteiger partial charge in [-0.05, 0) is 24.4 Å². The van der Waals surface area contributed by atoms with Crippen LogP contribution in [-0.4, -0.2) is 21.7 Å². The predicted octanol–water partition coefficient (Wildman–Crippen LogP) is 3.25. The largest absolute Gasteiger partial charge is 0.310 e. The first-order chi connectivity index (χ1) is 9.88. The van der Waals surface area contributed by atoms with Crippen molar-refractivity contribution in [3.63, 3.8) is 0 Å². The zero-order valence-corrected chi connectivity index (χ0v) is 12.2. The van der Waals surface area contributed by atoms with Gasteiger partial charge in [0.05, 0.1) is 0 Å². The fraction of sp³-hybridized carbons (Fsp3) is 0.267. The monoisotopic (exact) mass is 284 g/mol. The second-order valence-corrected chi connectivity index (χ2v) is 5.62. The smallest absolute Gasteiger partial charge is 0.166 e. The van der Waals surface area contributed by atoms with Crippen LogP contribution in [0.3, 0.4) is 0 Å². The maximum absolute atomic E-state index is 4.47. The molecule has 4 nitrogen and oxygen atoms in total. The fourth-order valence-electron chi connectivity index (χ4n) is 2.08. The summed E-state index contributed by atoms with van der Waals surface area (Å²) in [6.45, 7) is 3.93. The van der Waals surface area contributed by atoms with Gasteiger partial charge in [0.25, 0.3) is 0 Å². The van der Waals surface area contributed by atoms with Gasteiger partial charge < -0.3 is 5.32 Å². The highest BCUT2D eigenvalue weighted by Gasteiger charge is 2.10. The van der Waals surface area contributed by atoms with Gasteiger partial charge in [0.1, 0.15) is 10.7 Å². The van der Waals surface area contributed by atoms with Gasteiger partial charge in [-0.25, -0.2) is 0 Å². The van der Waals surface area contributed by atoms with Crippen LogP contribution in [0.4, 0.5) is 0 Å². The lowest BCUT2D eigenvalue weighted by Crippen LogP contribution is -2.13. The maximum Gasteiger partial charge on any atom is 0.166 e. The van der Waals surface area contributed by atoms with Crippen molar-refractivity contribution in [1.82, 2.24) is 20.5 Å². The SMILES string of the molecule is CCCNCc1nnc(-c2nccc3ccccc23)s1. The normalized spacial score (nSPS) is 11.1. The van der Waals surface area contributed by atoms with Crippen molar-refractivity contribution in [3.8, 4) is 10.7 Å². The molecule has 5 heteroatoms. The molecule has 20 heavy (non-hydrogen) atoms. The lowest BCUT2D eigenvalue weighted by molar-refractivity contribution is 0.668. The first kappa shape index (κ1) is 13.1. The number of hydrogen-bond acceptors (Lipinski definition) is 5. The Hall–Kier alpha value is -1.85. The summed E-state index contributed by atoms with van der Waals surface area (Å²) in [6.07, 6.45) is 2.95. The summed E-state index contributed by atoms with van der Waals surface area (Å²) in [6, 6.07) is 10.2. The van der Waals surface area contributed by atoms with Crippen molar-refractivity contribution >= 4 is 22.1 Å². The average Bonchev–Trinajstić information content (AvgIpc) is 2.96. The minimum atomic E-state index is 0.774. The Balaban J connectivity index is 1.91. The molecule has 0 aliphatic rings. The Morgan fingerprint density at radius 3 is 2.95 bits per heavy atom. The van der Waals surface area contributed by atoms with E-state index in [0.717, 1.165) is 40.6 Å². The zero-order chi connectivity index (χ0) is 13.8. The molecule has 0 atom stereocenters. The van der Waals surface area contributed by atoms with Crippen LogP contribution in [0.5, 0.6) is 0 Å². The number of pyridine rings is 1. The van der Waals surface area contributed by atoms with E-state index >= 15 is 0 Å². The molecule has 102 valence electrons. The van der Waals surface area contributed by atoms with E-state index in [1.54, 1.807) is 11.3 Å². The van der Waals surface area contributed by atoms with E-state index in [9.17, 15) is 0 Å². The average molecular weight is 284 g/mol. The molecule has 0 unspecified atom stereocenters. The van der Waals surface area contributed by atoms with Crippen LogP contribution in [0.15, 0.2) is 36.5 Å². The van der Waals surface area contributed by atoms with Crippen molar-refractivity contribution in [3.05, 3.63) is 41.5 Å². The number of benzene rings is 1. The molecule has 2 heterocycles. The minimum Gasteiger partial charge on any atom is -0.310 e. The van der Waals surface area contributed by atoms with E-state index in [1.165, 1.54) is 5.39 Å². The number of aromatic nitrogens is 3. The molecular weight excluding hydrogens is 268 g/mol. The van der Waals surface area contributed by atoms with Crippen LogP contribution in [0, 0.1) is 0 Å². The van der Waals surface area contributed by atoms with E-state index in [2.05, 4.69) is 39.6 Å². The van der Waals surface area contributed by atoms with E-state index in [4.69, 9.17) is 0 Å². The molecule has 0 aliphatic carbocycles. The number of nitrogens with zero attached hydrogens (tertiary/aromatic N) is 3. The predicted molar refractivity (Wildman–Crippen MR) is 82.6 cm³/mol. The molecule has 0 saturated carbocycles. The Morgan fingerprint density at radius 2 is 2.05 bits per heavy atom. The second kappa shape index (κ2) is 6.07. The van der Waals surface area contributed by atoms with Gasteiger partial charge in [0.2, 0.25) is 0 Å². The molecule has 1 aromatic carbocycles. The Labute approximate surface area is 121 Å². The summed E-state index contributed by atoms with van der Waals surface area (Å²) in [5.41, 5.74) is 0.919. The molecule has 0 spiro atoms. The van der Waals surface area contributed by atoms with Crippen molar-refractivity contribution in [1.29, 1.82) is 0 Å². The van der Waals surface area contributed by atoms with Crippen LogP contribution in [0.2, 0.25) is 0 Å². The van der Waals surface area contributed by atoms with E-state index in [1.807, 2.05) is 24.4 Å². The molecule has 2 aromatic heterocycles. The third-order valence-corrected chi connectivity index (χ3v) is 3.98. The molecule has 0 bridgehead atoms. The van der Waals surface area contributed by atoms with Crippen LogP contribution >= 0.6 is 11.3 Å². The van der Waals surface area contributed by atoms with Crippen molar-refractivity contribution < 1.29 is 0 Å². The summed E-state index contributed by atoms with van der Waals surface area (Å²) in [5.74, 6) is 0. The van der Waals surface area contributed by atoms with Crippen LogP contribution < -0.4 is 5.32 Å². The molecule has 3 rings (SSSR count). The van der Waals surface area contributed by atoms with Crippen molar-refractivity contribution in [2.24, 2.45) is 0 Å².